The molecular formula is C12H18N2O5S. The van der Waals surface area contributed by atoms with E-state index in [2.05, 4.69) is 9.89 Å². The average Bonchev–Trinajstić information content (AvgIpc) is 2.73. The van der Waals surface area contributed by atoms with Gasteiger partial charge in [-0.2, -0.15) is 0 Å². The Morgan fingerprint density at radius 3 is 2.90 bits per heavy atom. The largest absolute Gasteiger partial charge is 0.457 e. The van der Waals surface area contributed by atoms with E-state index in [-0.39, 0.29) is 12.0 Å². The van der Waals surface area contributed by atoms with E-state index in [1.54, 1.807) is 0 Å². The number of aliphatic imine (C=N–C) groups is 1. The van der Waals surface area contributed by atoms with Crippen molar-refractivity contribution in [1.29, 1.82) is 0 Å². The number of carbonyl (C=O) groups excluding carboxylic acids is 1. The summed E-state index contributed by atoms with van der Waals surface area (Å²) >= 11 is 1.47. The molecule has 3 heterocycles. The molecule has 0 spiro atoms. The molecule has 2 fully saturated rings. The standard InChI is InChI=1S/C12H18N2O5S/c1-6(16)18-10-8-11(19-7(5-15)9(10)17)20-12(13-8)14-3-2-4-14/h7-11,15,17H,2-5H2,1H3/t7-,8-,9-,10-,11-/m1/s1. The number of aliphatic hydroxyl groups excluding tert-OH is 2. The van der Waals surface area contributed by atoms with E-state index >= 15 is 0 Å². The lowest BCUT2D eigenvalue weighted by atomic mass is 9.98. The highest BCUT2D eigenvalue weighted by atomic mass is 32.2. The van der Waals surface area contributed by atoms with Crippen molar-refractivity contribution in [3.8, 4) is 0 Å². The van der Waals surface area contributed by atoms with Crippen LogP contribution in [0.3, 0.4) is 0 Å². The molecule has 7 nitrogen and oxygen atoms in total. The zero-order chi connectivity index (χ0) is 14.3. The first-order chi connectivity index (χ1) is 9.60. The maximum atomic E-state index is 11.2. The maximum Gasteiger partial charge on any atom is 0.303 e. The van der Waals surface area contributed by atoms with Crippen LogP contribution in [0, 0.1) is 0 Å². The topological polar surface area (TPSA) is 91.6 Å². The predicted molar refractivity (Wildman–Crippen MR) is 72.3 cm³/mol. The number of fused-ring (bicyclic) bond motifs is 1. The Balaban J connectivity index is 1.80. The van der Waals surface area contributed by atoms with E-state index in [0.717, 1.165) is 24.7 Å². The molecule has 0 aromatic carbocycles. The molecule has 0 saturated carbocycles. The summed E-state index contributed by atoms with van der Waals surface area (Å²) < 4.78 is 10.9. The van der Waals surface area contributed by atoms with Gasteiger partial charge in [0.2, 0.25) is 0 Å². The van der Waals surface area contributed by atoms with Gasteiger partial charge in [0.15, 0.2) is 11.3 Å². The van der Waals surface area contributed by atoms with Gasteiger partial charge in [-0.3, -0.25) is 9.79 Å². The number of rotatable bonds is 2. The summed E-state index contributed by atoms with van der Waals surface area (Å²) in [5, 5.41) is 20.3. The maximum absolute atomic E-state index is 11.2. The second-order valence-electron chi connectivity index (χ2n) is 5.15. The van der Waals surface area contributed by atoms with Crippen molar-refractivity contribution < 1.29 is 24.5 Å². The van der Waals surface area contributed by atoms with Gasteiger partial charge >= 0.3 is 5.97 Å². The number of thioether (sulfide) groups is 1. The van der Waals surface area contributed by atoms with Crippen LogP contribution in [0.1, 0.15) is 13.3 Å². The Kier molecular flexibility index (Phi) is 3.89. The minimum absolute atomic E-state index is 0.318. The third-order valence-electron chi connectivity index (χ3n) is 3.73. The zero-order valence-corrected chi connectivity index (χ0v) is 12.0. The van der Waals surface area contributed by atoms with E-state index in [1.807, 2.05) is 0 Å². The van der Waals surface area contributed by atoms with Crippen LogP contribution in [-0.4, -0.2) is 75.7 Å². The van der Waals surface area contributed by atoms with Gasteiger partial charge in [-0.15, -0.1) is 0 Å². The summed E-state index contributed by atoms with van der Waals surface area (Å²) in [4.78, 5) is 17.9. The van der Waals surface area contributed by atoms with Gasteiger partial charge in [0, 0.05) is 20.0 Å². The van der Waals surface area contributed by atoms with Gasteiger partial charge in [0.25, 0.3) is 0 Å². The third-order valence-corrected chi connectivity index (χ3v) is 4.93. The lowest BCUT2D eigenvalue weighted by Gasteiger charge is -2.39. The van der Waals surface area contributed by atoms with Crippen LogP contribution in [-0.2, 0) is 14.3 Å². The van der Waals surface area contributed by atoms with Crippen LogP contribution < -0.4 is 0 Å². The molecule has 112 valence electrons. The molecule has 0 radical (unpaired) electrons. The SMILES string of the molecule is CC(=O)O[C@H]1[C@H](O)[C@@H](CO)O[C@@H]2SC(N3CCC3)=N[C@H]12. The van der Waals surface area contributed by atoms with Crippen molar-refractivity contribution in [3.05, 3.63) is 0 Å². The summed E-state index contributed by atoms with van der Waals surface area (Å²) in [6.45, 7) is 2.92. The minimum Gasteiger partial charge on any atom is -0.457 e. The highest BCUT2D eigenvalue weighted by Crippen LogP contribution is 2.39. The molecular weight excluding hydrogens is 284 g/mol. The molecule has 8 heteroatoms. The average molecular weight is 302 g/mol. The normalized spacial score (nSPS) is 39.9. The molecule has 3 aliphatic heterocycles. The number of hydrogen-bond donors (Lipinski definition) is 2. The molecule has 3 aliphatic rings. The number of hydrogen-bond acceptors (Lipinski definition) is 8. The Bertz CT molecular complexity index is 428. The Labute approximate surface area is 120 Å². The molecule has 0 amide bonds. The molecule has 0 aromatic rings. The first-order valence-corrected chi connectivity index (χ1v) is 7.59. The molecule has 0 bridgehead atoms. The molecule has 2 saturated heterocycles. The van der Waals surface area contributed by atoms with Crippen LogP contribution in [0.5, 0.6) is 0 Å². The molecule has 0 aliphatic carbocycles. The van der Waals surface area contributed by atoms with Crippen molar-refractivity contribution in [3.63, 3.8) is 0 Å². The van der Waals surface area contributed by atoms with Crippen molar-refractivity contribution in [1.82, 2.24) is 4.90 Å². The van der Waals surface area contributed by atoms with Crippen LogP contribution in [0.25, 0.3) is 0 Å². The van der Waals surface area contributed by atoms with E-state index in [1.165, 1.54) is 18.7 Å². The smallest absolute Gasteiger partial charge is 0.303 e. The number of ether oxygens (including phenoxy) is 2. The lowest BCUT2D eigenvalue weighted by molar-refractivity contribution is -0.189. The van der Waals surface area contributed by atoms with E-state index in [9.17, 15) is 15.0 Å². The van der Waals surface area contributed by atoms with Gasteiger partial charge < -0.3 is 24.6 Å². The first kappa shape index (κ1) is 14.1. The second-order valence-corrected chi connectivity index (χ2v) is 6.22. The second kappa shape index (κ2) is 5.51. The summed E-state index contributed by atoms with van der Waals surface area (Å²) in [6, 6.07) is -0.419. The highest BCUT2D eigenvalue weighted by molar-refractivity contribution is 8.14. The van der Waals surface area contributed by atoms with Crippen LogP contribution >= 0.6 is 11.8 Å². The summed E-state index contributed by atoms with van der Waals surface area (Å²) in [6.07, 6.45) is -1.44. The number of aliphatic hydroxyl groups is 2. The van der Waals surface area contributed by atoms with E-state index in [0.29, 0.717) is 0 Å². The molecule has 0 unspecified atom stereocenters. The van der Waals surface area contributed by atoms with Gasteiger partial charge in [0.1, 0.15) is 23.7 Å². The third kappa shape index (κ3) is 2.41. The van der Waals surface area contributed by atoms with Crippen LogP contribution in [0.4, 0.5) is 0 Å². The summed E-state index contributed by atoms with van der Waals surface area (Å²) in [5.74, 6) is -0.469. The van der Waals surface area contributed by atoms with E-state index < -0.39 is 30.3 Å². The molecule has 3 rings (SSSR count). The summed E-state index contributed by atoms with van der Waals surface area (Å²) in [5.41, 5.74) is -0.324. The van der Waals surface area contributed by atoms with E-state index in [4.69, 9.17) is 9.47 Å². The fraction of sp³-hybridized carbons (Fsp3) is 0.833. The lowest BCUT2D eigenvalue weighted by Crippen LogP contribution is -2.57. The Morgan fingerprint density at radius 2 is 2.35 bits per heavy atom. The molecule has 20 heavy (non-hydrogen) atoms. The zero-order valence-electron chi connectivity index (χ0n) is 11.1. The van der Waals surface area contributed by atoms with Crippen molar-refractivity contribution in [2.75, 3.05) is 19.7 Å². The highest BCUT2D eigenvalue weighted by Gasteiger charge is 2.51. The van der Waals surface area contributed by atoms with Crippen molar-refractivity contribution >= 4 is 22.9 Å². The molecule has 2 N–H and O–H groups in total. The summed E-state index contributed by atoms with van der Waals surface area (Å²) in [7, 11) is 0. The fourth-order valence-corrected chi connectivity index (χ4v) is 3.82. The number of esters is 1. The predicted octanol–water partition coefficient (Wildman–Crippen LogP) is -0.827. The monoisotopic (exact) mass is 302 g/mol. The van der Waals surface area contributed by atoms with Crippen molar-refractivity contribution in [2.45, 2.75) is 43.1 Å². The van der Waals surface area contributed by atoms with Gasteiger partial charge in [-0.05, 0) is 6.42 Å². The first-order valence-electron chi connectivity index (χ1n) is 6.71. The van der Waals surface area contributed by atoms with Crippen LogP contribution in [0.15, 0.2) is 4.99 Å². The Hall–Kier alpha value is -0.830. The minimum atomic E-state index is -1.06. The van der Waals surface area contributed by atoms with Crippen LogP contribution in [0.2, 0.25) is 0 Å². The fourth-order valence-electron chi connectivity index (χ4n) is 2.54. The van der Waals surface area contributed by atoms with Crippen molar-refractivity contribution in [2.24, 2.45) is 4.99 Å². The number of likely N-dealkylation sites (tertiary alicyclic amines) is 1. The van der Waals surface area contributed by atoms with Gasteiger partial charge in [-0.25, -0.2) is 0 Å². The van der Waals surface area contributed by atoms with Gasteiger partial charge in [-0.1, -0.05) is 11.8 Å². The molecule has 0 aromatic heterocycles. The quantitative estimate of drug-likeness (QED) is 0.643. The number of carbonyl (C=O) groups is 1. The number of amidine groups is 1. The molecule has 5 atom stereocenters. The van der Waals surface area contributed by atoms with Gasteiger partial charge in [0.05, 0.1) is 6.61 Å². The Morgan fingerprint density at radius 1 is 1.60 bits per heavy atom. The number of nitrogens with zero attached hydrogens (tertiary/aromatic N) is 2.